The first-order chi connectivity index (χ1) is 12.8. The number of carbonyl (C=O) groups excluding carboxylic acids is 1. The molecule has 5 nitrogen and oxygen atoms in total. The first kappa shape index (κ1) is 16.8. The van der Waals surface area contributed by atoms with E-state index in [1.165, 1.54) is 45.1 Å². The first-order valence-corrected chi connectivity index (χ1v) is 11.2. The van der Waals surface area contributed by atoms with Gasteiger partial charge in [-0.1, -0.05) is 19.3 Å². The van der Waals surface area contributed by atoms with E-state index in [1.54, 1.807) is 11.3 Å². The van der Waals surface area contributed by atoms with Crippen LogP contribution < -0.4 is 0 Å². The molecule has 1 saturated carbocycles. The number of likely N-dealkylation sites (tertiary alicyclic amines) is 2. The largest absolute Gasteiger partial charge is 0.337 e. The summed E-state index contributed by atoms with van der Waals surface area (Å²) in [5, 5.41) is 2.08. The van der Waals surface area contributed by atoms with Gasteiger partial charge in [-0.15, -0.1) is 11.3 Å². The number of rotatable bonds is 3. The van der Waals surface area contributed by atoms with E-state index >= 15 is 0 Å². The molecule has 1 aliphatic carbocycles. The molecule has 0 N–H and O–H groups in total. The molecule has 4 heterocycles. The lowest BCUT2D eigenvalue weighted by Gasteiger charge is -2.28. The maximum absolute atomic E-state index is 13.3. The Morgan fingerprint density at radius 1 is 1.15 bits per heavy atom. The third kappa shape index (κ3) is 2.97. The smallest absolute Gasteiger partial charge is 0.274 e. The molecule has 2 aromatic rings. The van der Waals surface area contributed by atoms with Crippen LogP contribution in [0.25, 0.3) is 4.96 Å². The minimum absolute atomic E-state index is 0.155. The Kier molecular flexibility index (Phi) is 4.49. The molecule has 0 unspecified atom stereocenters. The van der Waals surface area contributed by atoms with Gasteiger partial charge in [-0.2, -0.15) is 0 Å². The summed E-state index contributed by atoms with van der Waals surface area (Å²) in [4.78, 5) is 23.7. The fraction of sp³-hybridized carbons (Fsp3) is 0.700. The van der Waals surface area contributed by atoms with Gasteiger partial charge in [-0.25, -0.2) is 4.98 Å². The predicted octanol–water partition coefficient (Wildman–Crippen LogP) is 3.79. The van der Waals surface area contributed by atoms with E-state index in [0.29, 0.717) is 11.7 Å². The monoisotopic (exact) mass is 372 g/mol. The van der Waals surface area contributed by atoms with E-state index in [1.807, 2.05) is 0 Å². The Balaban J connectivity index is 1.43. The van der Waals surface area contributed by atoms with Crippen molar-refractivity contribution in [3.8, 4) is 0 Å². The van der Waals surface area contributed by atoms with Crippen LogP contribution in [0.15, 0.2) is 11.6 Å². The Hall–Kier alpha value is -1.40. The van der Waals surface area contributed by atoms with Gasteiger partial charge in [0.15, 0.2) is 10.7 Å². The molecular formula is C20H28N4OS. The molecule has 2 atom stereocenters. The first-order valence-electron chi connectivity index (χ1n) is 10.3. The highest BCUT2D eigenvalue weighted by molar-refractivity contribution is 7.15. The summed E-state index contributed by atoms with van der Waals surface area (Å²) in [7, 11) is 0. The third-order valence-corrected chi connectivity index (χ3v) is 7.34. The van der Waals surface area contributed by atoms with Crippen LogP contribution in [0.3, 0.4) is 0 Å². The number of amides is 1. The average molecular weight is 373 g/mol. The summed E-state index contributed by atoms with van der Waals surface area (Å²) in [5.41, 5.74) is 1.82. The van der Waals surface area contributed by atoms with E-state index in [2.05, 4.69) is 25.8 Å². The molecule has 26 heavy (non-hydrogen) atoms. The Bertz CT molecular complexity index is 789. The van der Waals surface area contributed by atoms with Crippen LogP contribution in [0.4, 0.5) is 0 Å². The standard InChI is InChI=1S/C20H28N4OS/c25-19(22-8-4-2-1-3-5-9-22)18-17(24-10-11-26-20(24)21-18)14-23-13-15-6-7-16(23)12-15/h10-11,15-16H,1-9,12-14H2/t15-,16-/m0/s1. The molecule has 2 aromatic heterocycles. The maximum atomic E-state index is 13.3. The van der Waals surface area contributed by atoms with E-state index in [-0.39, 0.29) is 5.91 Å². The molecule has 1 amide bonds. The van der Waals surface area contributed by atoms with E-state index in [9.17, 15) is 4.79 Å². The van der Waals surface area contributed by atoms with Crippen LogP contribution in [-0.2, 0) is 6.54 Å². The normalized spacial score (nSPS) is 27.2. The van der Waals surface area contributed by atoms with Gasteiger partial charge in [-0.05, 0) is 38.0 Å². The number of aromatic nitrogens is 2. The Morgan fingerprint density at radius 2 is 1.96 bits per heavy atom. The van der Waals surface area contributed by atoms with Gasteiger partial charge in [0.05, 0.1) is 5.69 Å². The topological polar surface area (TPSA) is 40.9 Å². The fourth-order valence-electron chi connectivity index (χ4n) is 5.17. The van der Waals surface area contributed by atoms with E-state index < -0.39 is 0 Å². The number of hydrogen-bond acceptors (Lipinski definition) is 4. The highest BCUT2D eigenvalue weighted by Crippen LogP contribution is 2.38. The summed E-state index contributed by atoms with van der Waals surface area (Å²) < 4.78 is 2.16. The molecule has 0 radical (unpaired) electrons. The van der Waals surface area contributed by atoms with Crippen molar-refractivity contribution >= 4 is 22.2 Å². The summed E-state index contributed by atoms with van der Waals surface area (Å²) >= 11 is 1.63. The van der Waals surface area contributed by atoms with Gasteiger partial charge >= 0.3 is 0 Å². The summed E-state index contributed by atoms with van der Waals surface area (Å²) in [6, 6.07) is 0.717. The maximum Gasteiger partial charge on any atom is 0.274 e. The molecular weight excluding hydrogens is 344 g/mol. The summed E-state index contributed by atoms with van der Waals surface area (Å²) in [5.74, 6) is 1.03. The van der Waals surface area contributed by atoms with Gasteiger partial charge in [0, 0.05) is 43.8 Å². The number of nitrogens with zero attached hydrogens (tertiary/aromatic N) is 4. The number of imidazole rings is 1. The highest BCUT2D eigenvalue weighted by atomic mass is 32.1. The van der Waals surface area contributed by atoms with Crippen molar-refractivity contribution in [1.29, 1.82) is 0 Å². The van der Waals surface area contributed by atoms with Crippen molar-refractivity contribution < 1.29 is 4.79 Å². The molecule has 3 fully saturated rings. The number of fused-ring (bicyclic) bond motifs is 3. The molecule has 140 valence electrons. The number of hydrogen-bond donors (Lipinski definition) is 0. The van der Waals surface area contributed by atoms with Crippen molar-refractivity contribution in [2.45, 2.75) is 64.0 Å². The van der Waals surface area contributed by atoms with E-state index in [0.717, 1.165) is 49.0 Å². The molecule has 2 aliphatic heterocycles. The number of thiazole rings is 1. The highest BCUT2D eigenvalue weighted by Gasteiger charge is 2.38. The lowest BCUT2D eigenvalue weighted by atomic mass is 10.1. The molecule has 6 heteroatoms. The van der Waals surface area contributed by atoms with Gasteiger partial charge in [0.25, 0.3) is 5.91 Å². The Morgan fingerprint density at radius 3 is 2.69 bits per heavy atom. The minimum Gasteiger partial charge on any atom is -0.337 e. The van der Waals surface area contributed by atoms with Crippen LogP contribution in [-0.4, -0.2) is 50.8 Å². The molecule has 0 spiro atoms. The van der Waals surface area contributed by atoms with Gasteiger partial charge in [-0.3, -0.25) is 14.1 Å². The van der Waals surface area contributed by atoms with Crippen molar-refractivity contribution in [3.63, 3.8) is 0 Å². The SMILES string of the molecule is O=C(c1nc2sccn2c1CN1C[C@H]2CC[C@H]1C2)N1CCCCCCC1. The van der Waals surface area contributed by atoms with Gasteiger partial charge in [0.1, 0.15) is 0 Å². The lowest BCUT2D eigenvalue weighted by Crippen LogP contribution is -2.36. The molecule has 2 saturated heterocycles. The van der Waals surface area contributed by atoms with Crippen LogP contribution in [0.1, 0.15) is 67.5 Å². The minimum atomic E-state index is 0.155. The van der Waals surface area contributed by atoms with Crippen LogP contribution in [0.2, 0.25) is 0 Å². The van der Waals surface area contributed by atoms with E-state index in [4.69, 9.17) is 4.98 Å². The summed E-state index contributed by atoms with van der Waals surface area (Å²) in [6.45, 7) is 3.84. The van der Waals surface area contributed by atoms with Crippen LogP contribution in [0.5, 0.6) is 0 Å². The molecule has 5 rings (SSSR count). The second kappa shape index (κ2) is 6.97. The fourth-order valence-corrected chi connectivity index (χ4v) is 5.90. The second-order valence-electron chi connectivity index (χ2n) is 8.28. The zero-order valence-corrected chi connectivity index (χ0v) is 16.2. The van der Waals surface area contributed by atoms with Crippen LogP contribution in [0, 0.1) is 5.92 Å². The van der Waals surface area contributed by atoms with Crippen molar-refractivity contribution in [1.82, 2.24) is 19.2 Å². The molecule has 2 bridgehead atoms. The quantitative estimate of drug-likeness (QED) is 0.823. The zero-order chi connectivity index (χ0) is 17.5. The number of piperidine rings is 1. The zero-order valence-electron chi connectivity index (χ0n) is 15.4. The van der Waals surface area contributed by atoms with Gasteiger partial charge < -0.3 is 4.90 Å². The van der Waals surface area contributed by atoms with Crippen molar-refractivity contribution in [3.05, 3.63) is 23.0 Å². The summed E-state index contributed by atoms with van der Waals surface area (Å²) in [6.07, 6.45) is 12.2. The van der Waals surface area contributed by atoms with Crippen LogP contribution >= 0.6 is 11.3 Å². The number of carbonyl (C=O) groups is 1. The second-order valence-corrected chi connectivity index (χ2v) is 9.16. The van der Waals surface area contributed by atoms with Gasteiger partial charge in [0.2, 0.25) is 0 Å². The lowest BCUT2D eigenvalue weighted by molar-refractivity contribution is 0.0734. The average Bonchev–Trinajstić information content (AvgIpc) is 3.36. The van der Waals surface area contributed by atoms with Crippen molar-refractivity contribution in [2.75, 3.05) is 19.6 Å². The Labute approximate surface area is 159 Å². The predicted molar refractivity (Wildman–Crippen MR) is 104 cm³/mol. The van der Waals surface area contributed by atoms with Crippen molar-refractivity contribution in [2.24, 2.45) is 5.92 Å². The molecule has 3 aliphatic rings. The molecule has 0 aromatic carbocycles. The third-order valence-electron chi connectivity index (χ3n) is 6.58.